The summed E-state index contributed by atoms with van der Waals surface area (Å²) in [6.45, 7) is 4.58. The standard InChI is InChI=1S/C19H26N4O/c1-16(15-23-14-8-11-20-23)21-18(17-9-4-2-5-10-17)19(24)22-12-6-3-7-13-22/h2,4-5,8-11,14,16,18,21H,3,6-7,12-13,15H2,1H3/t16-,18+/m0/s1. The van der Waals surface area contributed by atoms with Crippen LogP contribution in [0.1, 0.15) is 37.8 Å². The third kappa shape index (κ3) is 4.23. The summed E-state index contributed by atoms with van der Waals surface area (Å²) in [5.41, 5.74) is 1.03. The van der Waals surface area contributed by atoms with E-state index in [1.165, 1.54) is 6.42 Å². The molecule has 24 heavy (non-hydrogen) atoms. The van der Waals surface area contributed by atoms with Gasteiger partial charge in [-0.2, -0.15) is 5.10 Å². The first-order valence-corrected chi connectivity index (χ1v) is 8.81. The largest absolute Gasteiger partial charge is 0.341 e. The number of hydrogen-bond donors (Lipinski definition) is 1. The average Bonchev–Trinajstić information content (AvgIpc) is 3.13. The van der Waals surface area contributed by atoms with Crippen LogP contribution in [0.2, 0.25) is 0 Å². The molecular formula is C19H26N4O. The molecule has 0 bridgehead atoms. The molecule has 0 unspecified atom stereocenters. The van der Waals surface area contributed by atoms with Crippen molar-refractivity contribution in [3.8, 4) is 0 Å². The Kier molecular flexibility index (Phi) is 5.64. The fraction of sp³-hybridized carbons (Fsp3) is 0.474. The smallest absolute Gasteiger partial charge is 0.244 e. The molecule has 2 aromatic rings. The van der Waals surface area contributed by atoms with Crippen molar-refractivity contribution in [1.82, 2.24) is 20.0 Å². The van der Waals surface area contributed by atoms with Gasteiger partial charge in [-0.3, -0.25) is 14.8 Å². The average molecular weight is 326 g/mol. The summed E-state index contributed by atoms with van der Waals surface area (Å²) in [4.78, 5) is 15.1. The second-order valence-electron chi connectivity index (χ2n) is 6.53. The molecule has 5 heteroatoms. The summed E-state index contributed by atoms with van der Waals surface area (Å²) in [5.74, 6) is 0.188. The van der Waals surface area contributed by atoms with E-state index >= 15 is 0 Å². The molecule has 2 atom stereocenters. The quantitative estimate of drug-likeness (QED) is 0.888. The van der Waals surface area contributed by atoms with Crippen molar-refractivity contribution >= 4 is 5.91 Å². The van der Waals surface area contributed by atoms with Crippen molar-refractivity contribution in [3.63, 3.8) is 0 Å². The predicted octanol–water partition coefficient (Wildman–Crippen LogP) is 2.62. The number of benzene rings is 1. The second-order valence-corrected chi connectivity index (χ2v) is 6.53. The van der Waals surface area contributed by atoms with Crippen LogP contribution in [0, 0.1) is 0 Å². The minimum atomic E-state index is -0.296. The number of nitrogens with one attached hydrogen (secondary N) is 1. The van der Waals surface area contributed by atoms with Crippen molar-refractivity contribution < 1.29 is 4.79 Å². The molecule has 1 aliphatic rings. The number of carbonyl (C=O) groups excluding carboxylic acids is 1. The zero-order valence-corrected chi connectivity index (χ0v) is 14.3. The molecule has 0 radical (unpaired) electrons. The van der Waals surface area contributed by atoms with Gasteiger partial charge in [0.15, 0.2) is 0 Å². The summed E-state index contributed by atoms with van der Waals surface area (Å²) < 4.78 is 1.89. The van der Waals surface area contributed by atoms with E-state index in [0.717, 1.165) is 38.0 Å². The van der Waals surface area contributed by atoms with E-state index in [2.05, 4.69) is 17.3 Å². The fourth-order valence-corrected chi connectivity index (χ4v) is 3.28. The predicted molar refractivity (Wildman–Crippen MR) is 94.4 cm³/mol. The van der Waals surface area contributed by atoms with Crippen LogP contribution in [0.3, 0.4) is 0 Å². The Morgan fingerprint density at radius 1 is 1.17 bits per heavy atom. The number of aromatic nitrogens is 2. The van der Waals surface area contributed by atoms with Crippen LogP contribution in [0.5, 0.6) is 0 Å². The van der Waals surface area contributed by atoms with Crippen molar-refractivity contribution in [2.45, 2.75) is 44.8 Å². The lowest BCUT2D eigenvalue weighted by molar-refractivity contribution is -0.134. The van der Waals surface area contributed by atoms with Crippen LogP contribution in [0.4, 0.5) is 0 Å². The summed E-state index contributed by atoms with van der Waals surface area (Å²) >= 11 is 0. The molecule has 1 aliphatic heterocycles. The first-order chi connectivity index (χ1) is 11.7. The monoisotopic (exact) mass is 326 g/mol. The van der Waals surface area contributed by atoms with Gasteiger partial charge in [0.1, 0.15) is 6.04 Å². The van der Waals surface area contributed by atoms with Gasteiger partial charge in [-0.25, -0.2) is 0 Å². The Bertz CT molecular complexity index is 620. The van der Waals surface area contributed by atoms with Crippen molar-refractivity contribution in [2.24, 2.45) is 0 Å². The summed E-state index contributed by atoms with van der Waals surface area (Å²) in [6, 6.07) is 11.8. The first kappa shape index (κ1) is 16.7. The molecule has 0 spiro atoms. The lowest BCUT2D eigenvalue weighted by Crippen LogP contribution is -2.46. The van der Waals surface area contributed by atoms with E-state index in [9.17, 15) is 4.79 Å². The third-order valence-corrected chi connectivity index (χ3v) is 4.52. The number of rotatable bonds is 6. The topological polar surface area (TPSA) is 50.2 Å². The highest BCUT2D eigenvalue weighted by atomic mass is 16.2. The molecule has 0 aliphatic carbocycles. The number of nitrogens with zero attached hydrogens (tertiary/aromatic N) is 3. The first-order valence-electron chi connectivity index (χ1n) is 8.81. The SMILES string of the molecule is C[C@@H](Cn1cccn1)N[C@@H](C(=O)N1CCCCC1)c1ccccc1. The maximum absolute atomic E-state index is 13.1. The molecule has 1 aromatic heterocycles. The highest BCUT2D eigenvalue weighted by molar-refractivity contribution is 5.83. The molecule has 3 rings (SSSR count). The van der Waals surface area contributed by atoms with Crippen molar-refractivity contribution in [1.29, 1.82) is 0 Å². The van der Waals surface area contributed by atoms with Gasteiger partial charge in [-0.1, -0.05) is 30.3 Å². The van der Waals surface area contributed by atoms with E-state index in [0.29, 0.717) is 0 Å². The number of likely N-dealkylation sites (tertiary alicyclic amines) is 1. The van der Waals surface area contributed by atoms with Gasteiger partial charge < -0.3 is 4.90 Å². The maximum atomic E-state index is 13.1. The highest BCUT2D eigenvalue weighted by Gasteiger charge is 2.27. The lowest BCUT2D eigenvalue weighted by Gasteiger charge is -2.32. The zero-order valence-electron chi connectivity index (χ0n) is 14.3. The van der Waals surface area contributed by atoms with Gasteiger partial charge in [0, 0.05) is 31.5 Å². The Morgan fingerprint density at radius 3 is 2.58 bits per heavy atom. The molecule has 1 fully saturated rings. The minimum Gasteiger partial charge on any atom is -0.341 e. The molecule has 128 valence electrons. The van der Waals surface area contributed by atoms with Crippen molar-refractivity contribution in [3.05, 3.63) is 54.4 Å². The van der Waals surface area contributed by atoms with Gasteiger partial charge in [0.2, 0.25) is 5.91 Å². The van der Waals surface area contributed by atoms with Crippen molar-refractivity contribution in [2.75, 3.05) is 13.1 Å². The van der Waals surface area contributed by atoms with Crippen LogP contribution < -0.4 is 5.32 Å². The molecule has 1 amide bonds. The highest BCUT2D eigenvalue weighted by Crippen LogP contribution is 2.20. The van der Waals surface area contributed by atoms with E-state index < -0.39 is 0 Å². The fourth-order valence-electron chi connectivity index (χ4n) is 3.28. The van der Waals surface area contributed by atoms with E-state index in [1.807, 2.05) is 52.2 Å². The zero-order chi connectivity index (χ0) is 16.8. The Balaban J connectivity index is 1.73. The second kappa shape index (κ2) is 8.11. The Labute approximate surface area is 143 Å². The molecule has 1 aromatic carbocycles. The van der Waals surface area contributed by atoms with Gasteiger partial charge in [-0.15, -0.1) is 0 Å². The molecule has 1 saturated heterocycles. The van der Waals surface area contributed by atoms with Gasteiger partial charge >= 0.3 is 0 Å². The normalized spacial score (nSPS) is 17.5. The molecule has 1 N–H and O–H groups in total. The van der Waals surface area contributed by atoms with Crippen LogP contribution in [-0.2, 0) is 11.3 Å². The van der Waals surface area contributed by atoms with Crippen LogP contribution in [0.15, 0.2) is 48.8 Å². The van der Waals surface area contributed by atoms with Crippen LogP contribution >= 0.6 is 0 Å². The summed E-state index contributed by atoms with van der Waals surface area (Å²) in [5, 5.41) is 7.77. The molecule has 2 heterocycles. The molecule has 5 nitrogen and oxygen atoms in total. The number of carbonyl (C=O) groups is 1. The Hall–Kier alpha value is -2.14. The Morgan fingerprint density at radius 2 is 1.92 bits per heavy atom. The van der Waals surface area contributed by atoms with Crippen LogP contribution in [-0.4, -0.2) is 39.7 Å². The minimum absolute atomic E-state index is 0.142. The van der Waals surface area contributed by atoms with Gasteiger partial charge in [0.05, 0.1) is 6.54 Å². The number of piperidine rings is 1. The van der Waals surface area contributed by atoms with Gasteiger partial charge in [-0.05, 0) is 37.8 Å². The number of hydrogen-bond acceptors (Lipinski definition) is 3. The van der Waals surface area contributed by atoms with E-state index in [4.69, 9.17) is 0 Å². The molecule has 0 saturated carbocycles. The number of amides is 1. The summed E-state index contributed by atoms with van der Waals surface area (Å²) in [7, 11) is 0. The lowest BCUT2D eigenvalue weighted by atomic mass is 10.0. The van der Waals surface area contributed by atoms with E-state index in [1.54, 1.807) is 6.20 Å². The van der Waals surface area contributed by atoms with Crippen LogP contribution in [0.25, 0.3) is 0 Å². The third-order valence-electron chi connectivity index (χ3n) is 4.52. The maximum Gasteiger partial charge on any atom is 0.244 e. The van der Waals surface area contributed by atoms with Gasteiger partial charge in [0.25, 0.3) is 0 Å². The molecular weight excluding hydrogens is 300 g/mol. The summed E-state index contributed by atoms with van der Waals surface area (Å²) in [6.07, 6.45) is 7.16. The van der Waals surface area contributed by atoms with E-state index in [-0.39, 0.29) is 18.0 Å².